The van der Waals surface area contributed by atoms with Gasteiger partial charge in [-0.2, -0.15) is 0 Å². The summed E-state index contributed by atoms with van der Waals surface area (Å²) >= 11 is 15.5. The van der Waals surface area contributed by atoms with Crippen LogP contribution in [-0.4, -0.2) is 30.8 Å². The number of hydrogen-bond acceptors (Lipinski definition) is 8. The Morgan fingerprint density at radius 3 is 2.37 bits per heavy atom. The molecular weight excluding hydrogens is 569 g/mol. The predicted molar refractivity (Wildman–Crippen MR) is 134 cm³/mol. The molecule has 1 amide bonds. The minimum Gasteiger partial charge on any atom is -0.273 e. The average Bonchev–Trinajstić information content (AvgIpc) is 2.86. The van der Waals surface area contributed by atoms with Gasteiger partial charge in [-0.3, -0.25) is 4.79 Å². The summed E-state index contributed by atoms with van der Waals surface area (Å²) in [5.41, 5.74) is 1.05. The van der Waals surface area contributed by atoms with E-state index >= 15 is 0 Å². The first-order valence-electron chi connectivity index (χ1n) is 7.83. The van der Waals surface area contributed by atoms with E-state index < -0.39 is 25.4 Å². The molecule has 0 aliphatic carbocycles. The molecule has 27 heavy (non-hydrogen) atoms. The Hall–Kier alpha value is 1.46. The number of nitrogens with zero attached hydrogens (tertiary/aromatic N) is 1. The molecule has 1 aliphatic rings. The molecule has 1 heterocycles. The second kappa shape index (κ2) is 10.2. The molecule has 0 radical (unpaired) electrons. The molecule has 152 valence electrons. The molecule has 1 fully saturated rings. The van der Waals surface area contributed by atoms with Crippen molar-refractivity contribution in [2.45, 2.75) is 32.2 Å². The summed E-state index contributed by atoms with van der Waals surface area (Å²) < 4.78 is 25.6. The lowest BCUT2D eigenvalue weighted by Crippen LogP contribution is -2.31. The Morgan fingerprint density at radius 1 is 1.30 bits per heavy atom. The first-order valence-corrected chi connectivity index (χ1v) is 19.2. The normalized spacial score (nSPS) is 19.7. The zero-order valence-corrected chi connectivity index (χ0v) is 22.8. The highest BCUT2D eigenvalue weighted by Gasteiger charge is 2.53. The minimum atomic E-state index is -3.93. The maximum absolute atomic E-state index is 13.4. The van der Waals surface area contributed by atoms with E-state index in [0.717, 1.165) is 21.4 Å². The van der Waals surface area contributed by atoms with Gasteiger partial charge in [0.15, 0.2) is 0 Å². The predicted octanol–water partition coefficient (Wildman–Crippen LogP) is 6.92. The van der Waals surface area contributed by atoms with Crippen LogP contribution < -0.4 is 4.31 Å². The van der Waals surface area contributed by atoms with Crippen LogP contribution in [0.15, 0.2) is 16.6 Å². The zero-order chi connectivity index (χ0) is 20.4. The number of carbonyl (C=O) groups excluding carboxylic acids is 1. The number of sulfonamides is 1. The van der Waals surface area contributed by atoms with E-state index in [1.807, 2.05) is 20.8 Å². The summed E-state index contributed by atoms with van der Waals surface area (Å²) in [6.07, 6.45) is -0.0912. The molecule has 0 spiro atoms. The number of benzene rings is 1. The third-order valence-electron chi connectivity index (χ3n) is 3.55. The smallest absolute Gasteiger partial charge is 0.251 e. The maximum atomic E-state index is 13.4. The quantitative estimate of drug-likeness (QED) is 0.240. The van der Waals surface area contributed by atoms with Gasteiger partial charge < -0.3 is 0 Å². The lowest BCUT2D eigenvalue weighted by molar-refractivity contribution is -0.116. The van der Waals surface area contributed by atoms with Crippen LogP contribution in [0.1, 0.15) is 25.8 Å². The minimum absolute atomic E-state index is 0.0912. The Balaban J connectivity index is 2.50. The largest absolute Gasteiger partial charge is 0.273 e. The first-order chi connectivity index (χ1) is 12.6. The topological polar surface area (TPSA) is 54.5 Å². The van der Waals surface area contributed by atoms with Crippen LogP contribution in [0.3, 0.4) is 0 Å². The fourth-order valence-corrected chi connectivity index (χ4v) is 28.8. The summed E-state index contributed by atoms with van der Waals surface area (Å²) in [7, 11) is 2.12. The van der Waals surface area contributed by atoms with E-state index in [2.05, 4.69) is 15.9 Å². The molecule has 0 bridgehead atoms. The van der Waals surface area contributed by atoms with Gasteiger partial charge in [0.1, 0.15) is 4.99 Å². The van der Waals surface area contributed by atoms with Crippen LogP contribution in [0, 0.1) is 6.92 Å². The van der Waals surface area contributed by atoms with Gasteiger partial charge in [-0.05, 0) is 55.3 Å². The highest BCUT2D eigenvalue weighted by atomic mass is 79.9. The van der Waals surface area contributed by atoms with Crippen molar-refractivity contribution in [1.82, 2.24) is 0 Å². The Kier molecular flexibility index (Phi) is 9.32. The molecule has 0 N–H and O–H groups in total. The third kappa shape index (κ3) is 5.21. The molecule has 1 aliphatic heterocycles. The van der Waals surface area contributed by atoms with Gasteiger partial charge >= 0.3 is 0 Å². The lowest BCUT2D eigenvalue weighted by Gasteiger charge is -2.25. The highest BCUT2D eigenvalue weighted by molar-refractivity contribution is 9.29. The van der Waals surface area contributed by atoms with Crippen LogP contribution >= 0.6 is 74.4 Å². The van der Waals surface area contributed by atoms with E-state index in [0.29, 0.717) is 9.50 Å². The molecule has 1 atom stereocenters. The number of hydrogen-bond donors (Lipinski definition) is 0. The summed E-state index contributed by atoms with van der Waals surface area (Å²) in [6, 6.07) is 3.31. The standard InChI is InChI=1S/C14H18BrClNO3PS6/c1-4-23-25-21(22,26-24-5-2)12-8-11(18)17(27(12,19)20)10-7-6-9(3)14(16)13(10)15/h6-7,12H,4-5,8H2,1-3H3. The van der Waals surface area contributed by atoms with Crippen molar-refractivity contribution in [3.8, 4) is 0 Å². The molecule has 1 aromatic rings. The third-order valence-corrected chi connectivity index (χ3v) is 29.6. The van der Waals surface area contributed by atoms with Gasteiger partial charge in [0.25, 0.3) is 10.0 Å². The first kappa shape index (κ1) is 24.7. The molecule has 1 aromatic carbocycles. The molecular formula is C14H18BrClNO3PS6. The van der Waals surface area contributed by atoms with Crippen molar-refractivity contribution in [2.24, 2.45) is 0 Å². The second-order valence-electron chi connectivity index (χ2n) is 5.39. The van der Waals surface area contributed by atoms with Gasteiger partial charge in [-0.25, -0.2) is 12.7 Å². The van der Waals surface area contributed by atoms with Gasteiger partial charge in [0.2, 0.25) is 5.91 Å². The van der Waals surface area contributed by atoms with Crippen LogP contribution in [0.25, 0.3) is 0 Å². The van der Waals surface area contributed by atoms with E-state index in [9.17, 15) is 13.2 Å². The summed E-state index contributed by atoms with van der Waals surface area (Å²) in [4.78, 5) is 11.9. The zero-order valence-electron chi connectivity index (χ0n) is 14.7. The van der Waals surface area contributed by atoms with Crippen molar-refractivity contribution in [2.75, 3.05) is 15.8 Å². The van der Waals surface area contributed by atoms with Crippen molar-refractivity contribution >= 4 is 108 Å². The van der Waals surface area contributed by atoms with Crippen molar-refractivity contribution in [1.29, 1.82) is 0 Å². The molecule has 2 rings (SSSR count). The summed E-state index contributed by atoms with van der Waals surface area (Å²) in [5, 5.41) is 0.394. The fourth-order valence-electron chi connectivity index (χ4n) is 2.30. The lowest BCUT2D eigenvalue weighted by atomic mass is 10.2. The highest BCUT2D eigenvalue weighted by Crippen LogP contribution is 2.81. The SMILES string of the molecule is CCSSP(=S)(SSCC)C1CC(=O)N(c2ccc(C)c(Cl)c2Br)S1(=O)=O. The average molecular weight is 587 g/mol. The van der Waals surface area contributed by atoms with Gasteiger partial charge in [-0.1, -0.05) is 64.9 Å². The Morgan fingerprint density at radius 2 is 1.85 bits per heavy atom. The van der Waals surface area contributed by atoms with E-state index in [1.54, 1.807) is 33.7 Å². The number of carbonyl (C=O) groups is 1. The fraction of sp³-hybridized carbons (Fsp3) is 0.500. The van der Waals surface area contributed by atoms with Crippen molar-refractivity contribution in [3.63, 3.8) is 0 Å². The number of halogens is 2. The van der Waals surface area contributed by atoms with E-state index in [4.69, 9.17) is 23.4 Å². The summed E-state index contributed by atoms with van der Waals surface area (Å²) in [5.74, 6) is 1.19. The monoisotopic (exact) mass is 585 g/mol. The molecule has 0 aromatic heterocycles. The number of rotatable bonds is 8. The van der Waals surface area contributed by atoms with Crippen LogP contribution in [-0.2, 0) is 26.6 Å². The van der Waals surface area contributed by atoms with Gasteiger partial charge in [0.05, 0.1) is 26.0 Å². The van der Waals surface area contributed by atoms with Crippen LogP contribution in [0.4, 0.5) is 5.69 Å². The molecule has 1 unspecified atom stereocenters. The van der Waals surface area contributed by atoms with Crippen LogP contribution in [0.5, 0.6) is 0 Å². The Labute approximate surface area is 194 Å². The van der Waals surface area contributed by atoms with E-state index in [-0.39, 0.29) is 12.1 Å². The number of anilines is 1. The van der Waals surface area contributed by atoms with Crippen molar-refractivity contribution < 1.29 is 13.2 Å². The molecule has 1 saturated heterocycles. The van der Waals surface area contributed by atoms with E-state index in [1.165, 1.54) is 20.8 Å². The van der Waals surface area contributed by atoms with Gasteiger partial charge in [-0.15, -0.1) is 0 Å². The summed E-state index contributed by atoms with van der Waals surface area (Å²) in [6.45, 7) is 5.82. The molecule has 13 heteroatoms. The van der Waals surface area contributed by atoms with Crippen LogP contribution in [0.2, 0.25) is 5.02 Å². The molecule has 0 saturated carbocycles. The number of aryl methyl sites for hydroxylation is 1. The number of amides is 1. The van der Waals surface area contributed by atoms with Crippen molar-refractivity contribution in [3.05, 3.63) is 27.2 Å². The Bertz CT molecular complexity index is 872. The van der Waals surface area contributed by atoms with Gasteiger partial charge in [0, 0.05) is 11.5 Å². The second-order valence-corrected chi connectivity index (χ2v) is 24.8. The molecule has 4 nitrogen and oxygen atoms in total. The maximum Gasteiger partial charge on any atom is 0.251 e.